The molecular formula is C19H24ClN5O3S2. The van der Waals surface area contributed by atoms with Crippen LogP contribution in [-0.2, 0) is 14.8 Å². The Hall–Kier alpha value is -1.43. The minimum atomic E-state index is -3.89. The summed E-state index contributed by atoms with van der Waals surface area (Å²) in [5.41, 5.74) is 6.44. The van der Waals surface area contributed by atoms with Gasteiger partial charge in [0.05, 0.1) is 30.1 Å². The summed E-state index contributed by atoms with van der Waals surface area (Å²) in [4.78, 5) is 11.7. The molecule has 11 heteroatoms. The summed E-state index contributed by atoms with van der Waals surface area (Å²) in [6.07, 6.45) is 5.42. The number of primary sulfonamides is 1. The van der Waals surface area contributed by atoms with Crippen molar-refractivity contribution < 1.29 is 13.2 Å². The molecule has 1 aromatic carbocycles. The first-order chi connectivity index (χ1) is 14.2. The lowest BCUT2D eigenvalue weighted by atomic mass is 9.73. The Balaban J connectivity index is 1.44. The maximum absolute atomic E-state index is 11.6. The second kappa shape index (κ2) is 8.25. The van der Waals surface area contributed by atoms with Crippen molar-refractivity contribution in [3.8, 4) is 0 Å². The summed E-state index contributed by atoms with van der Waals surface area (Å²) in [5.74, 6) is 0.805. The second-order valence-corrected chi connectivity index (χ2v) is 10.8. The Kier molecular flexibility index (Phi) is 5.99. The molecule has 4 N–H and O–H groups in total. The molecule has 2 aliphatic rings. The van der Waals surface area contributed by atoms with Crippen molar-refractivity contribution in [3.05, 3.63) is 35.6 Å². The smallest absolute Gasteiger partial charge is 0.239 e. The maximum Gasteiger partial charge on any atom is 0.239 e. The lowest BCUT2D eigenvalue weighted by Crippen LogP contribution is -2.50. The topological polar surface area (TPSA) is 124 Å². The molecule has 30 heavy (non-hydrogen) atoms. The molecular weight excluding hydrogens is 446 g/mol. The first-order valence-corrected chi connectivity index (χ1v) is 12.4. The van der Waals surface area contributed by atoms with Crippen LogP contribution in [0.5, 0.6) is 0 Å². The van der Waals surface area contributed by atoms with Crippen LogP contribution in [0.3, 0.4) is 0 Å². The molecule has 4 rings (SSSR count). The molecule has 2 saturated heterocycles. The molecule has 0 radical (unpaired) electrons. The Bertz CT molecular complexity index is 1030. The number of sulfonamides is 1. The van der Waals surface area contributed by atoms with Crippen molar-refractivity contribution in [2.24, 2.45) is 16.3 Å². The summed E-state index contributed by atoms with van der Waals surface area (Å²) < 4.78 is 29.1. The number of anilines is 1. The van der Waals surface area contributed by atoms with E-state index in [9.17, 15) is 8.42 Å². The average Bonchev–Trinajstić information content (AvgIpc) is 2.99. The fraction of sp³-hybridized carbons (Fsp3) is 0.474. The fourth-order valence-electron chi connectivity index (χ4n) is 4.08. The zero-order valence-corrected chi connectivity index (χ0v) is 18.9. The summed E-state index contributed by atoms with van der Waals surface area (Å²) in [5, 5.41) is 5.91. The largest absolute Gasteiger partial charge is 0.376 e. The van der Waals surface area contributed by atoms with Crippen LogP contribution in [0.15, 0.2) is 45.4 Å². The quantitative estimate of drug-likeness (QED) is 0.698. The summed E-state index contributed by atoms with van der Waals surface area (Å²) >= 11 is 7.46. The van der Waals surface area contributed by atoms with Crippen LogP contribution in [0.2, 0.25) is 5.02 Å². The third-order valence-corrected chi connectivity index (χ3v) is 8.56. The van der Waals surface area contributed by atoms with Crippen molar-refractivity contribution in [1.82, 2.24) is 9.97 Å². The normalized spacial score (nSPS) is 23.8. The van der Waals surface area contributed by atoms with Gasteiger partial charge >= 0.3 is 0 Å². The predicted molar refractivity (Wildman–Crippen MR) is 116 cm³/mol. The Morgan fingerprint density at radius 3 is 2.57 bits per heavy atom. The predicted octanol–water partition coefficient (Wildman–Crippen LogP) is 2.26. The minimum Gasteiger partial charge on any atom is -0.376 e. The third kappa shape index (κ3) is 4.17. The van der Waals surface area contributed by atoms with Crippen molar-refractivity contribution in [2.75, 3.05) is 24.6 Å². The van der Waals surface area contributed by atoms with Gasteiger partial charge in [-0.1, -0.05) is 29.4 Å². The fourth-order valence-corrected chi connectivity index (χ4v) is 6.12. The first kappa shape index (κ1) is 21.8. The van der Waals surface area contributed by atoms with E-state index in [1.165, 1.54) is 17.8 Å². The third-order valence-electron chi connectivity index (χ3n) is 5.99. The lowest BCUT2D eigenvalue weighted by molar-refractivity contribution is 0.0974. The van der Waals surface area contributed by atoms with Crippen LogP contribution in [-0.4, -0.2) is 50.2 Å². The van der Waals surface area contributed by atoms with Gasteiger partial charge in [0.2, 0.25) is 10.0 Å². The van der Waals surface area contributed by atoms with E-state index in [-0.39, 0.29) is 27.5 Å². The molecule has 0 unspecified atom stereocenters. The second-order valence-electron chi connectivity index (χ2n) is 7.82. The van der Waals surface area contributed by atoms with Gasteiger partial charge in [0.15, 0.2) is 0 Å². The number of piperidine rings is 1. The van der Waals surface area contributed by atoms with E-state index in [1.807, 2.05) is 6.92 Å². The molecule has 2 atom stereocenters. The van der Waals surface area contributed by atoms with Gasteiger partial charge in [-0.05, 0) is 31.9 Å². The highest BCUT2D eigenvalue weighted by Gasteiger charge is 2.47. The molecule has 1 aromatic heterocycles. The summed E-state index contributed by atoms with van der Waals surface area (Å²) in [7, 11) is -3.89. The SMILES string of the molecule is C[C@@H]1OCC2(CCN(c3cnc(Sc4cccc(S(N)(=O)=O)c4Cl)cn3)CC2)[C@@H]1N. The number of hydrogen-bond acceptors (Lipinski definition) is 8. The van der Waals surface area contributed by atoms with Crippen LogP contribution < -0.4 is 15.8 Å². The van der Waals surface area contributed by atoms with Crippen molar-refractivity contribution in [3.63, 3.8) is 0 Å². The number of nitrogens with two attached hydrogens (primary N) is 2. The zero-order chi connectivity index (χ0) is 21.5. The van der Waals surface area contributed by atoms with Gasteiger partial charge in [-0.25, -0.2) is 23.5 Å². The number of nitrogens with zero attached hydrogens (tertiary/aromatic N) is 3. The number of halogens is 1. The van der Waals surface area contributed by atoms with Crippen molar-refractivity contribution >= 4 is 39.2 Å². The molecule has 162 valence electrons. The van der Waals surface area contributed by atoms with E-state index in [0.29, 0.717) is 9.92 Å². The van der Waals surface area contributed by atoms with Gasteiger partial charge in [-0.2, -0.15) is 0 Å². The molecule has 1 spiro atoms. The van der Waals surface area contributed by atoms with Gasteiger partial charge < -0.3 is 15.4 Å². The van der Waals surface area contributed by atoms with E-state index < -0.39 is 10.0 Å². The Morgan fingerprint density at radius 2 is 2.00 bits per heavy atom. The standard InChI is InChI=1S/C19H24ClN5O3S2/c1-12-18(21)19(11-28-12)5-7-25(8-6-19)15-9-24-16(10-23-15)29-13-3-2-4-14(17(13)20)30(22,26)27/h2-4,9-10,12,18H,5-8,11,21H2,1H3,(H2,22,26,27)/t12-,18+/m0/s1. The Labute approximate surface area is 185 Å². The van der Waals surface area contributed by atoms with E-state index in [2.05, 4.69) is 14.9 Å². The van der Waals surface area contributed by atoms with Gasteiger partial charge in [0.25, 0.3) is 0 Å². The van der Waals surface area contributed by atoms with E-state index in [0.717, 1.165) is 38.4 Å². The molecule has 3 heterocycles. The molecule has 0 aliphatic carbocycles. The molecule has 8 nitrogen and oxygen atoms in total. The molecule has 2 aliphatic heterocycles. The van der Waals surface area contributed by atoms with Gasteiger partial charge in [-0.15, -0.1) is 0 Å². The monoisotopic (exact) mass is 469 g/mol. The van der Waals surface area contributed by atoms with E-state index in [1.54, 1.807) is 24.5 Å². The number of benzene rings is 1. The van der Waals surface area contributed by atoms with Crippen molar-refractivity contribution in [2.45, 2.75) is 46.7 Å². The first-order valence-electron chi connectivity index (χ1n) is 9.63. The van der Waals surface area contributed by atoms with Gasteiger partial charge in [-0.3, -0.25) is 0 Å². The van der Waals surface area contributed by atoms with Crippen LogP contribution in [0, 0.1) is 5.41 Å². The highest BCUT2D eigenvalue weighted by Crippen LogP contribution is 2.42. The van der Waals surface area contributed by atoms with Gasteiger partial charge in [0.1, 0.15) is 15.7 Å². The Morgan fingerprint density at radius 1 is 1.27 bits per heavy atom. The number of aromatic nitrogens is 2. The molecule has 2 aromatic rings. The highest BCUT2D eigenvalue weighted by molar-refractivity contribution is 7.99. The maximum atomic E-state index is 11.6. The summed E-state index contributed by atoms with van der Waals surface area (Å²) in [6.45, 7) is 4.47. The number of hydrogen-bond donors (Lipinski definition) is 2. The average molecular weight is 470 g/mol. The lowest BCUT2D eigenvalue weighted by Gasteiger charge is -2.41. The van der Waals surface area contributed by atoms with Crippen LogP contribution >= 0.6 is 23.4 Å². The number of rotatable bonds is 4. The minimum absolute atomic E-state index is 0.0598. The molecule has 0 amide bonds. The highest BCUT2D eigenvalue weighted by atomic mass is 35.5. The molecule has 0 bridgehead atoms. The van der Waals surface area contributed by atoms with Crippen molar-refractivity contribution in [1.29, 1.82) is 0 Å². The van der Waals surface area contributed by atoms with Crippen LogP contribution in [0.1, 0.15) is 19.8 Å². The zero-order valence-electron chi connectivity index (χ0n) is 16.5. The van der Waals surface area contributed by atoms with Gasteiger partial charge in [0, 0.05) is 29.4 Å². The van der Waals surface area contributed by atoms with E-state index >= 15 is 0 Å². The molecule has 0 saturated carbocycles. The molecule has 2 fully saturated rings. The summed E-state index contributed by atoms with van der Waals surface area (Å²) in [6, 6.07) is 4.76. The van der Waals surface area contributed by atoms with E-state index in [4.69, 9.17) is 27.2 Å². The number of ether oxygens (including phenoxy) is 1. The van der Waals surface area contributed by atoms with Crippen LogP contribution in [0.25, 0.3) is 0 Å². The van der Waals surface area contributed by atoms with Crippen LogP contribution in [0.4, 0.5) is 5.82 Å².